The van der Waals surface area contributed by atoms with Gasteiger partial charge in [0.05, 0.1) is 31.3 Å². The predicted octanol–water partition coefficient (Wildman–Crippen LogP) is 7.19. The lowest BCUT2D eigenvalue weighted by molar-refractivity contribution is -0.302. The second kappa shape index (κ2) is 37.6. The molecule has 9 N–H and O–H groups in total. The van der Waals surface area contributed by atoms with Crippen molar-refractivity contribution in [2.45, 2.75) is 266 Å². The highest BCUT2D eigenvalue weighted by Crippen LogP contribution is 2.33. The maximum Gasteiger partial charge on any atom is 0.315 e. The van der Waals surface area contributed by atoms with E-state index in [1.54, 1.807) is 0 Å². The molecule has 0 unspecified atom stereocenters. The highest BCUT2D eigenvalue weighted by Gasteiger charge is 2.44. The number of hydrogen-bond acceptors (Lipinski definition) is 11. The van der Waals surface area contributed by atoms with Gasteiger partial charge in [-0.3, -0.25) is 14.4 Å². The molecule has 390 valence electrons. The lowest BCUT2D eigenvalue weighted by atomic mass is 9.99. The monoisotopic (exact) mass is 970 g/mol. The van der Waals surface area contributed by atoms with E-state index in [9.17, 15) is 39.6 Å². The molecule has 9 atom stereocenters. The summed E-state index contributed by atoms with van der Waals surface area (Å²) in [4.78, 5) is 49.0. The van der Waals surface area contributed by atoms with E-state index in [1.165, 1.54) is 70.6 Å². The lowest BCUT2D eigenvalue weighted by Crippen LogP contribution is -2.59. The van der Waals surface area contributed by atoms with E-state index in [-0.39, 0.29) is 48.5 Å². The standard InChI is InChI=1S/C51H95N5O10S/c1-2-3-4-5-6-7-8-9-10-11-12-15-18-22-29-39(37-65-50-49(63)48(62)47(61)41(36-57)66-50)54-45(60)33-23-19-16-13-14-17-20-27-34-52-43(58)31-24-21-28-35-53-44(59)32-26-25-30-42-46-40(38-67-42)55-51(64)56-46/h39-42,46-50,57,61-63H,2-38H2,1H3,(H,52,58)(H,53,59)(H,54,60)(H2,55,56,64)/t39-,40+,41-,42+,46+,47+,48+,49-,50+/m1/s1. The van der Waals surface area contributed by atoms with E-state index in [0.29, 0.717) is 37.6 Å². The number of unbranched alkanes of at least 4 members (excludes halogenated alkanes) is 23. The number of aliphatic hydroxyl groups is 4. The summed E-state index contributed by atoms with van der Waals surface area (Å²) in [6.45, 7) is 3.16. The third kappa shape index (κ3) is 26.5. The summed E-state index contributed by atoms with van der Waals surface area (Å²) in [5.41, 5.74) is 0. The fourth-order valence-corrected chi connectivity index (χ4v) is 11.0. The first kappa shape index (κ1) is 59.1. The van der Waals surface area contributed by atoms with Gasteiger partial charge in [-0.1, -0.05) is 148 Å². The molecule has 0 aromatic carbocycles. The molecule has 3 saturated heterocycles. The van der Waals surface area contributed by atoms with Crippen LogP contribution in [0.25, 0.3) is 0 Å². The van der Waals surface area contributed by atoms with E-state index >= 15 is 0 Å². The number of amides is 5. The number of aliphatic hydroxyl groups excluding tert-OH is 4. The van der Waals surface area contributed by atoms with Gasteiger partial charge in [0.15, 0.2) is 6.29 Å². The number of rotatable bonds is 42. The van der Waals surface area contributed by atoms with Crippen molar-refractivity contribution in [3.05, 3.63) is 0 Å². The zero-order valence-corrected chi connectivity index (χ0v) is 42.3. The molecule has 3 fully saturated rings. The van der Waals surface area contributed by atoms with Crippen LogP contribution in [0.3, 0.4) is 0 Å². The topological polar surface area (TPSA) is 228 Å². The minimum Gasteiger partial charge on any atom is -0.394 e. The van der Waals surface area contributed by atoms with E-state index in [1.807, 2.05) is 11.8 Å². The maximum absolute atomic E-state index is 13.0. The average molecular weight is 970 g/mol. The Labute approximate surface area is 408 Å². The molecule has 0 aliphatic carbocycles. The van der Waals surface area contributed by atoms with Crippen LogP contribution in [-0.2, 0) is 23.9 Å². The lowest BCUT2D eigenvalue weighted by Gasteiger charge is -2.40. The third-order valence-corrected chi connectivity index (χ3v) is 15.2. The highest BCUT2D eigenvalue weighted by atomic mass is 32.2. The van der Waals surface area contributed by atoms with Gasteiger partial charge in [-0.2, -0.15) is 11.8 Å². The van der Waals surface area contributed by atoms with Gasteiger partial charge in [0.2, 0.25) is 17.7 Å². The van der Waals surface area contributed by atoms with Gasteiger partial charge in [-0.15, -0.1) is 0 Å². The first-order chi connectivity index (χ1) is 32.6. The fraction of sp³-hybridized carbons (Fsp3) is 0.922. The number of carbonyl (C=O) groups is 4. The van der Waals surface area contributed by atoms with Crippen LogP contribution in [0.5, 0.6) is 0 Å². The van der Waals surface area contributed by atoms with Crippen LogP contribution in [0.1, 0.15) is 212 Å². The van der Waals surface area contributed by atoms with Crippen molar-refractivity contribution in [3.8, 4) is 0 Å². The second-order valence-electron chi connectivity index (χ2n) is 19.6. The Morgan fingerprint density at radius 3 is 1.70 bits per heavy atom. The number of thioether (sulfide) groups is 1. The van der Waals surface area contributed by atoms with Gasteiger partial charge in [-0.05, 0) is 44.9 Å². The van der Waals surface area contributed by atoms with Gasteiger partial charge >= 0.3 is 6.03 Å². The van der Waals surface area contributed by atoms with E-state index in [2.05, 4.69) is 33.5 Å². The molecule has 0 bridgehead atoms. The molecular weight excluding hydrogens is 875 g/mol. The van der Waals surface area contributed by atoms with Gasteiger partial charge in [-0.25, -0.2) is 4.79 Å². The fourth-order valence-electron chi connectivity index (χ4n) is 9.46. The third-order valence-electron chi connectivity index (χ3n) is 13.7. The van der Waals surface area contributed by atoms with Gasteiger partial charge < -0.3 is 56.5 Å². The molecule has 0 spiro atoms. The Bertz CT molecular complexity index is 1320. The normalized spacial score (nSPS) is 23.9. The SMILES string of the molecule is CCCCCCCCCCCCCCCC[C@H](CO[C@H]1O[C@H](CO)[C@H](O)[C@H](O)[C@H]1O)NC(=O)CCCCCCCCCCNC(=O)CCCCCNC(=O)CCCC[C@@H]1SC[C@@H]2NC(=O)N[C@@H]21. The molecule has 3 aliphatic rings. The maximum atomic E-state index is 13.0. The number of carbonyl (C=O) groups excluding carboxylic acids is 4. The van der Waals surface area contributed by atoms with Crippen molar-refractivity contribution >= 4 is 35.5 Å². The van der Waals surface area contributed by atoms with Gasteiger partial charge in [0, 0.05) is 43.4 Å². The van der Waals surface area contributed by atoms with Crippen LogP contribution < -0.4 is 26.6 Å². The molecule has 0 aromatic rings. The van der Waals surface area contributed by atoms with Crippen LogP contribution in [-0.4, -0.2) is 130 Å². The molecule has 0 saturated carbocycles. The van der Waals surface area contributed by atoms with E-state index in [0.717, 1.165) is 121 Å². The second-order valence-corrected chi connectivity index (χ2v) is 20.9. The van der Waals surface area contributed by atoms with Crippen molar-refractivity contribution in [1.82, 2.24) is 26.6 Å². The largest absolute Gasteiger partial charge is 0.394 e. The van der Waals surface area contributed by atoms with Crippen LogP contribution in [0.4, 0.5) is 4.79 Å². The minimum absolute atomic E-state index is 0.0330. The summed E-state index contributed by atoms with van der Waals surface area (Å²) in [6, 6.07) is 0.110. The molecular formula is C51H95N5O10S. The number of hydrogen-bond donors (Lipinski definition) is 9. The quantitative estimate of drug-likeness (QED) is 0.0220. The Hall–Kier alpha value is -2.21. The van der Waals surface area contributed by atoms with Crippen molar-refractivity contribution in [1.29, 1.82) is 0 Å². The van der Waals surface area contributed by atoms with Crippen LogP contribution in [0.15, 0.2) is 0 Å². The summed E-state index contributed by atoms with van der Waals surface area (Å²) in [7, 11) is 0. The van der Waals surface area contributed by atoms with Gasteiger partial charge in [0.1, 0.15) is 24.4 Å². The molecule has 15 nitrogen and oxygen atoms in total. The van der Waals surface area contributed by atoms with Crippen LogP contribution >= 0.6 is 11.8 Å². The minimum atomic E-state index is -1.51. The van der Waals surface area contributed by atoms with Crippen LogP contribution in [0.2, 0.25) is 0 Å². The number of ether oxygens (including phenoxy) is 2. The van der Waals surface area contributed by atoms with E-state index < -0.39 is 37.3 Å². The Balaban J connectivity index is 1.14. The van der Waals surface area contributed by atoms with E-state index in [4.69, 9.17) is 9.47 Å². The zero-order chi connectivity index (χ0) is 48.3. The number of nitrogens with one attached hydrogen (secondary N) is 5. The highest BCUT2D eigenvalue weighted by molar-refractivity contribution is 8.00. The molecule has 3 aliphatic heterocycles. The molecule has 3 rings (SSSR count). The predicted molar refractivity (Wildman–Crippen MR) is 267 cm³/mol. The Morgan fingerprint density at radius 2 is 1.13 bits per heavy atom. The molecule has 16 heteroatoms. The van der Waals surface area contributed by atoms with Crippen molar-refractivity contribution in [2.24, 2.45) is 0 Å². The van der Waals surface area contributed by atoms with Crippen molar-refractivity contribution < 1.29 is 49.1 Å². The van der Waals surface area contributed by atoms with Crippen molar-refractivity contribution in [3.63, 3.8) is 0 Å². The smallest absolute Gasteiger partial charge is 0.315 e. The van der Waals surface area contributed by atoms with Crippen LogP contribution in [0, 0.1) is 0 Å². The Kier molecular flexibility index (Phi) is 33.2. The summed E-state index contributed by atoms with van der Waals surface area (Å²) < 4.78 is 11.4. The summed E-state index contributed by atoms with van der Waals surface area (Å²) in [5.74, 6) is 1.10. The average Bonchev–Trinajstić information content (AvgIpc) is 3.88. The Morgan fingerprint density at radius 1 is 0.642 bits per heavy atom. The molecule has 0 aromatic heterocycles. The number of urea groups is 1. The van der Waals surface area contributed by atoms with Gasteiger partial charge in [0.25, 0.3) is 0 Å². The number of fused-ring (bicyclic) bond motifs is 1. The summed E-state index contributed by atoms with van der Waals surface area (Å²) >= 11 is 1.91. The molecule has 5 amide bonds. The first-order valence-electron chi connectivity index (χ1n) is 27.1. The van der Waals surface area contributed by atoms with Crippen molar-refractivity contribution in [2.75, 3.05) is 32.1 Å². The first-order valence-corrected chi connectivity index (χ1v) is 28.1. The summed E-state index contributed by atoms with van der Waals surface area (Å²) in [5, 5.41) is 55.9. The summed E-state index contributed by atoms with van der Waals surface area (Å²) in [6.07, 6.45) is 26.9. The molecule has 0 radical (unpaired) electrons. The zero-order valence-electron chi connectivity index (χ0n) is 41.5. The molecule has 3 heterocycles. The molecule has 67 heavy (non-hydrogen) atoms.